The first-order valence-electron chi connectivity index (χ1n) is 9.89. The van der Waals surface area contributed by atoms with Crippen molar-refractivity contribution in [1.29, 1.82) is 0 Å². The van der Waals surface area contributed by atoms with E-state index in [-0.39, 0.29) is 12.0 Å². The van der Waals surface area contributed by atoms with Crippen LogP contribution < -0.4 is 5.32 Å². The predicted octanol–water partition coefficient (Wildman–Crippen LogP) is 2.39. The maximum atomic E-state index is 11.4. The summed E-state index contributed by atoms with van der Waals surface area (Å²) >= 11 is 0. The van der Waals surface area contributed by atoms with Crippen molar-refractivity contribution in [3.63, 3.8) is 0 Å². The van der Waals surface area contributed by atoms with Crippen molar-refractivity contribution >= 4 is 6.29 Å². The minimum absolute atomic E-state index is 0.106. The SMILES string of the molecule is O=CC(CNC[C@@H](O)CN1CCc2ccccc2C1)C1CCCCC1. The second-order valence-electron chi connectivity index (χ2n) is 7.76. The van der Waals surface area contributed by atoms with Crippen LogP contribution in [0.2, 0.25) is 0 Å². The normalized spacial score (nSPS) is 21.5. The number of carbonyl (C=O) groups excluding carboxylic acids is 1. The summed E-state index contributed by atoms with van der Waals surface area (Å²) in [5.74, 6) is 0.642. The third-order valence-corrected chi connectivity index (χ3v) is 5.87. The van der Waals surface area contributed by atoms with Gasteiger partial charge < -0.3 is 15.2 Å². The molecule has 1 aromatic rings. The van der Waals surface area contributed by atoms with Gasteiger partial charge in [0.05, 0.1) is 6.10 Å². The Labute approximate surface area is 151 Å². The quantitative estimate of drug-likeness (QED) is 0.711. The fourth-order valence-electron chi connectivity index (χ4n) is 4.38. The van der Waals surface area contributed by atoms with Gasteiger partial charge in [0.15, 0.2) is 0 Å². The van der Waals surface area contributed by atoms with Crippen molar-refractivity contribution in [3.8, 4) is 0 Å². The Balaban J connectivity index is 1.38. The number of fused-ring (bicyclic) bond motifs is 1. The molecule has 1 unspecified atom stereocenters. The first kappa shape index (κ1) is 18.6. The van der Waals surface area contributed by atoms with Crippen LogP contribution in [0.15, 0.2) is 24.3 Å². The Morgan fingerprint density at radius 2 is 1.92 bits per heavy atom. The van der Waals surface area contributed by atoms with Crippen LogP contribution in [0, 0.1) is 11.8 Å². The summed E-state index contributed by atoms with van der Waals surface area (Å²) in [6.45, 7) is 3.89. The van der Waals surface area contributed by atoms with E-state index >= 15 is 0 Å². The van der Waals surface area contributed by atoms with Crippen LogP contribution in [0.4, 0.5) is 0 Å². The number of aliphatic hydroxyl groups excluding tert-OH is 1. The fraction of sp³-hybridized carbons (Fsp3) is 0.667. The third-order valence-electron chi connectivity index (χ3n) is 5.87. The van der Waals surface area contributed by atoms with Gasteiger partial charge in [0, 0.05) is 38.6 Å². The van der Waals surface area contributed by atoms with Gasteiger partial charge in [-0.3, -0.25) is 4.90 Å². The zero-order valence-corrected chi connectivity index (χ0v) is 15.2. The largest absolute Gasteiger partial charge is 0.390 e. The lowest BCUT2D eigenvalue weighted by Crippen LogP contribution is -2.42. The monoisotopic (exact) mass is 344 g/mol. The van der Waals surface area contributed by atoms with Crippen LogP contribution >= 0.6 is 0 Å². The lowest BCUT2D eigenvalue weighted by Gasteiger charge is -2.31. The van der Waals surface area contributed by atoms with Crippen LogP contribution in [0.5, 0.6) is 0 Å². The third kappa shape index (κ3) is 5.37. The topological polar surface area (TPSA) is 52.6 Å². The Hall–Kier alpha value is -1.23. The Kier molecular flexibility index (Phi) is 7.02. The summed E-state index contributed by atoms with van der Waals surface area (Å²) in [6, 6.07) is 8.58. The molecule has 2 aliphatic rings. The molecule has 2 N–H and O–H groups in total. The molecular weight excluding hydrogens is 312 g/mol. The molecule has 1 aromatic carbocycles. The van der Waals surface area contributed by atoms with E-state index in [9.17, 15) is 9.90 Å². The smallest absolute Gasteiger partial charge is 0.124 e. The maximum Gasteiger partial charge on any atom is 0.124 e. The molecule has 0 aromatic heterocycles. The minimum Gasteiger partial charge on any atom is -0.390 e. The number of benzene rings is 1. The second-order valence-corrected chi connectivity index (χ2v) is 7.76. The van der Waals surface area contributed by atoms with Gasteiger partial charge >= 0.3 is 0 Å². The molecular formula is C21H32N2O2. The number of carbonyl (C=O) groups is 1. The molecule has 4 heteroatoms. The molecule has 1 aliphatic heterocycles. The molecule has 0 saturated heterocycles. The molecule has 1 saturated carbocycles. The first-order valence-corrected chi connectivity index (χ1v) is 9.89. The van der Waals surface area contributed by atoms with Crippen molar-refractivity contribution < 1.29 is 9.90 Å². The summed E-state index contributed by atoms with van der Waals surface area (Å²) in [7, 11) is 0. The van der Waals surface area contributed by atoms with Gasteiger partial charge in [0.25, 0.3) is 0 Å². The van der Waals surface area contributed by atoms with Crippen LogP contribution in [0.1, 0.15) is 43.2 Å². The number of nitrogens with zero attached hydrogens (tertiary/aromatic N) is 1. The van der Waals surface area contributed by atoms with Crippen molar-refractivity contribution in [1.82, 2.24) is 10.2 Å². The molecule has 4 nitrogen and oxygen atoms in total. The van der Waals surface area contributed by atoms with Crippen LogP contribution in [-0.4, -0.2) is 48.6 Å². The molecule has 25 heavy (non-hydrogen) atoms. The van der Waals surface area contributed by atoms with Crippen molar-refractivity contribution in [2.75, 3.05) is 26.2 Å². The molecule has 0 radical (unpaired) electrons. The van der Waals surface area contributed by atoms with Gasteiger partial charge in [-0.15, -0.1) is 0 Å². The molecule has 1 aliphatic carbocycles. The number of β-amino-alcohol motifs (C(OH)–C–C–N with tert-alkyl or cyclic N) is 1. The van der Waals surface area contributed by atoms with Crippen molar-refractivity contribution in [3.05, 3.63) is 35.4 Å². The van der Waals surface area contributed by atoms with E-state index in [2.05, 4.69) is 34.5 Å². The number of rotatable bonds is 8. The zero-order chi connectivity index (χ0) is 17.5. The van der Waals surface area contributed by atoms with Gasteiger partial charge in [-0.25, -0.2) is 0 Å². The summed E-state index contributed by atoms with van der Waals surface area (Å²) in [6.07, 6.45) is 7.99. The maximum absolute atomic E-state index is 11.4. The van der Waals surface area contributed by atoms with E-state index in [0.29, 0.717) is 25.6 Å². The van der Waals surface area contributed by atoms with E-state index in [1.54, 1.807) is 0 Å². The average Bonchev–Trinajstić information content (AvgIpc) is 2.66. The van der Waals surface area contributed by atoms with E-state index in [1.165, 1.54) is 43.2 Å². The molecule has 0 amide bonds. The summed E-state index contributed by atoms with van der Waals surface area (Å²) in [4.78, 5) is 13.7. The standard InChI is InChI=1S/C21H32N2O2/c24-16-20(17-6-2-1-3-7-17)12-22-13-21(25)15-23-11-10-18-8-4-5-9-19(18)14-23/h4-5,8-9,16-17,20-22,25H,1-3,6-7,10-15H2/t20?,21-/m1/s1. The van der Waals surface area contributed by atoms with Gasteiger partial charge in [0.1, 0.15) is 6.29 Å². The second kappa shape index (κ2) is 9.46. The number of hydrogen-bond acceptors (Lipinski definition) is 4. The highest BCUT2D eigenvalue weighted by Crippen LogP contribution is 2.28. The highest BCUT2D eigenvalue weighted by atomic mass is 16.3. The van der Waals surface area contributed by atoms with Crippen LogP contribution in [0.3, 0.4) is 0 Å². The highest BCUT2D eigenvalue weighted by molar-refractivity contribution is 5.54. The van der Waals surface area contributed by atoms with Crippen molar-refractivity contribution in [2.45, 2.75) is 51.2 Å². The number of aldehydes is 1. The Bertz CT molecular complexity index is 542. The highest BCUT2D eigenvalue weighted by Gasteiger charge is 2.23. The van der Waals surface area contributed by atoms with E-state index in [1.807, 2.05) is 0 Å². The summed E-state index contributed by atoms with van der Waals surface area (Å²) < 4.78 is 0. The molecule has 0 spiro atoms. The van der Waals surface area contributed by atoms with Crippen LogP contribution in [0.25, 0.3) is 0 Å². The van der Waals surface area contributed by atoms with E-state index < -0.39 is 0 Å². The van der Waals surface area contributed by atoms with Gasteiger partial charge in [-0.05, 0) is 36.3 Å². The summed E-state index contributed by atoms with van der Waals surface area (Å²) in [5, 5.41) is 13.7. The molecule has 0 bridgehead atoms. The zero-order valence-electron chi connectivity index (χ0n) is 15.2. The van der Waals surface area contributed by atoms with Gasteiger partial charge in [-0.1, -0.05) is 43.5 Å². The molecule has 3 rings (SSSR count). The Morgan fingerprint density at radius 1 is 1.16 bits per heavy atom. The number of nitrogens with one attached hydrogen (secondary N) is 1. The number of hydrogen-bond donors (Lipinski definition) is 2. The van der Waals surface area contributed by atoms with Gasteiger partial charge in [0.2, 0.25) is 0 Å². The van der Waals surface area contributed by atoms with E-state index in [0.717, 1.165) is 25.8 Å². The van der Waals surface area contributed by atoms with Crippen molar-refractivity contribution in [2.24, 2.45) is 11.8 Å². The Morgan fingerprint density at radius 3 is 2.68 bits per heavy atom. The first-order chi connectivity index (χ1) is 12.3. The van der Waals surface area contributed by atoms with Gasteiger partial charge in [-0.2, -0.15) is 0 Å². The lowest BCUT2D eigenvalue weighted by atomic mass is 9.80. The lowest BCUT2D eigenvalue weighted by molar-refractivity contribution is -0.112. The average molecular weight is 344 g/mol. The number of aliphatic hydroxyl groups is 1. The summed E-state index contributed by atoms with van der Waals surface area (Å²) in [5.41, 5.74) is 2.82. The van der Waals surface area contributed by atoms with E-state index in [4.69, 9.17) is 0 Å². The molecule has 1 fully saturated rings. The fourth-order valence-corrected chi connectivity index (χ4v) is 4.38. The minimum atomic E-state index is -0.385. The molecule has 2 atom stereocenters. The molecule has 1 heterocycles. The predicted molar refractivity (Wildman–Crippen MR) is 100 cm³/mol. The van der Waals surface area contributed by atoms with Crippen LogP contribution in [-0.2, 0) is 17.8 Å². The molecule has 138 valence electrons.